The molecule has 0 spiro atoms. The van der Waals surface area contributed by atoms with Crippen LogP contribution in [0.15, 0.2) is 48.5 Å². The van der Waals surface area contributed by atoms with Crippen LogP contribution in [0.3, 0.4) is 0 Å². The Kier molecular flexibility index (Phi) is 13.7. The summed E-state index contributed by atoms with van der Waals surface area (Å²) in [6, 6.07) is 16.4. The molecule has 1 aliphatic rings. The molecule has 8 nitrogen and oxygen atoms in total. The number of nitrogens with one attached hydrogen (secondary N) is 2. The van der Waals surface area contributed by atoms with E-state index in [1.165, 1.54) is 0 Å². The van der Waals surface area contributed by atoms with Gasteiger partial charge in [0, 0.05) is 76.1 Å². The topological polar surface area (TPSA) is 71.2 Å². The summed E-state index contributed by atoms with van der Waals surface area (Å²) in [5, 5.41) is 6.35. The molecule has 0 aromatic heterocycles. The summed E-state index contributed by atoms with van der Waals surface area (Å²) in [6.07, 6.45) is 8.11. The molecule has 2 unspecified atom stereocenters. The zero-order valence-corrected chi connectivity index (χ0v) is 28.6. The zero-order chi connectivity index (χ0) is 32.2. The Morgan fingerprint density at radius 1 is 0.636 bits per heavy atom. The lowest BCUT2D eigenvalue weighted by Crippen LogP contribution is -2.47. The summed E-state index contributed by atoms with van der Waals surface area (Å²) >= 11 is 0. The molecule has 4 amide bonds. The van der Waals surface area contributed by atoms with E-state index in [-0.39, 0.29) is 24.1 Å². The molecule has 1 aliphatic carbocycles. The van der Waals surface area contributed by atoms with Crippen LogP contribution in [-0.2, 0) is 0 Å². The summed E-state index contributed by atoms with van der Waals surface area (Å²) in [4.78, 5) is 35.6. The first-order chi connectivity index (χ1) is 21.1. The molecule has 44 heavy (non-hydrogen) atoms. The van der Waals surface area contributed by atoms with Gasteiger partial charge in [-0.1, -0.05) is 34.1 Å². The van der Waals surface area contributed by atoms with Crippen molar-refractivity contribution in [2.75, 3.05) is 61.7 Å². The predicted octanol–water partition coefficient (Wildman–Crippen LogP) is 8.37. The lowest BCUT2D eigenvalue weighted by Gasteiger charge is -2.39. The number of amides is 4. The van der Waals surface area contributed by atoms with Crippen molar-refractivity contribution < 1.29 is 9.59 Å². The average Bonchev–Trinajstić information content (AvgIpc) is 3.01. The molecule has 1 saturated carbocycles. The number of urea groups is 2. The maximum Gasteiger partial charge on any atom is 0.322 e. The summed E-state index contributed by atoms with van der Waals surface area (Å²) in [6.45, 7) is 10.2. The van der Waals surface area contributed by atoms with Gasteiger partial charge in [0.15, 0.2) is 0 Å². The Balaban J connectivity index is 1.69. The highest BCUT2D eigenvalue weighted by atomic mass is 16.2. The molecule has 2 aromatic carbocycles. The number of carbonyl (C=O) groups is 2. The minimum atomic E-state index is -0.0169. The van der Waals surface area contributed by atoms with Crippen molar-refractivity contribution in [3.05, 3.63) is 48.5 Å². The fraction of sp³-hybridized carbons (Fsp3) is 0.611. The number of hydrogen-bond donors (Lipinski definition) is 2. The highest BCUT2D eigenvalue weighted by Crippen LogP contribution is 2.32. The van der Waals surface area contributed by atoms with Crippen LogP contribution < -0.4 is 20.4 Å². The Labute approximate surface area is 267 Å². The Bertz CT molecular complexity index is 1050. The number of hydrogen-bond acceptors (Lipinski definition) is 4. The largest absolute Gasteiger partial charge is 0.378 e. The summed E-state index contributed by atoms with van der Waals surface area (Å²) in [7, 11) is 8.06. The summed E-state index contributed by atoms with van der Waals surface area (Å²) in [5.74, 6) is 0.836. The lowest BCUT2D eigenvalue weighted by molar-refractivity contribution is 0.123. The van der Waals surface area contributed by atoms with Crippen LogP contribution in [0.1, 0.15) is 79.1 Å². The molecular weight excluding hydrogens is 548 g/mol. The van der Waals surface area contributed by atoms with Crippen LogP contribution in [0.5, 0.6) is 0 Å². The van der Waals surface area contributed by atoms with E-state index in [0.717, 1.165) is 87.2 Å². The second-order valence-electron chi connectivity index (χ2n) is 12.9. The SMILES string of the molecule is CCC(CC)N(CC1CCCC(CN(C(=O)Nc2ccc(N(C)C)cc2)C(CC)CC)C1)C(=O)Nc1ccc(N(C)C)cc1. The summed E-state index contributed by atoms with van der Waals surface area (Å²) < 4.78 is 0. The smallest absolute Gasteiger partial charge is 0.322 e. The van der Waals surface area contributed by atoms with Gasteiger partial charge in [-0.25, -0.2) is 9.59 Å². The molecule has 0 radical (unpaired) electrons. The Hall–Kier alpha value is -3.42. The molecule has 0 bridgehead atoms. The molecule has 3 rings (SSSR count). The molecule has 0 aliphatic heterocycles. The van der Waals surface area contributed by atoms with Gasteiger partial charge in [-0.2, -0.15) is 0 Å². The Morgan fingerprint density at radius 3 is 1.27 bits per heavy atom. The normalized spacial score (nSPS) is 16.5. The molecule has 8 heteroatoms. The van der Waals surface area contributed by atoms with Crippen molar-refractivity contribution in [1.29, 1.82) is 0 Å². The lowest BCUT2D eigenvalue weighted by atomic mass is 9.80. The standard InChI is InChI=1S/C36H58N6O2/c1-9-31(10-2)41(35(43)37-29-16-20-33(21-17-29)39(5)6)25-27-14-13-15-28(24-27)26-42(32(11-3)12-4)36(44)38-30-18-22-34(23-19-30)40(7)8/h16-23,27-28,31-32H,9-15,24-26H2,1-8H3,(H,37,43)(H,38,44). The van der Waals surface area contributed by atoms with Gasteiger partial charge in [0.25, 0.3) is 0 Å². The van der Waals surface area contributed by atoms with Crippen molar-refractivity contribution in [2.45, 2.75) is 91.1 Å². The monoisotopic (exact) mass is 606 g/mol. The van der Waals surface area contributed by atoms with E-state index in [1.807, 2.05) is 76.7 Å². The van der Waals surface area contributed by atoms with Crippen LogP contribution in [0, 0.1) is 11.8 Å². The second-order valence-corrected chi connectivity index (χ2v) is 12.9. The third-order valence-corrected chi connectivity index (χ3v) is 9.36. The van der Waals surface area contributed by atoms with Gasteiger partial charge >= 0.3 is 12.1 Å². The highest BCUT2D eigenvalue weighted by Gasteiger charge is 2.31. The molecule has 2 N–H and O–H groups in total. The zero-order valence-electron chi connectivity index (χ0n) is 28.6. The minimum absolute atomic E-state index is 0.0169. The number of nitrogens with zero attached hydrogens (tertiary/aromatic N) is 4. The van der Waals surface area contributed by atoms with E-state index in [4.69, 9.17) is 0 Å². The van der Waals surface area contributed by atoms with Crippen LogP contribution in [0.25, 0.3) is 0 Å². The fourth-order valence-electron chi connectivity index (χ4n) is 6.62. The number of anilines is 4. The molecule has 2 aromatic rings. The molecule has 0 saturated heterocycles. The van der Waals surface area contributed by atoms with E-state index in [2.05, 4.69) is 57.9 Å². The first-order valence-corrected chi connectivity index (χ1v) is 16.8. The van der Waals surface area contributed by atoms with Gasteiger partial charge in [-0.05, 0) is 105 Å². The third-order valence-electron chi connectivity index (χ3n) is 9.36. The van der Waals surface area contributed by atoms with E-state index >= 15 is 0 Å². The predicted molar refractivity (Wildman–Crippen MR) is 187 cm³/mol. The van der Waals surface area contributed by atoms with E-state index in [0.29, 0.717) is 11.8 Å². The maximum absolute atomic E-state index is 13.7. The molecule has 1 fully saturated rings. The molecule has 2 atom stereocenters. The number of benzene rings is 2. The van der Waals surface area contributed by atoms with Crippen molar-refractivity contribution in [1.82, 2.24) is 9.80 Å². The first kappa shape index (κ1) is 35.1. The van der Waals surface area contributed by atoms with Crippen LogP contribution in [0.2, 0.25) is 0 Å². The third kappa shape index (κ3) is 9.80. The average molecular weight is 607 g/mol. The van der Waals surface area contributed by atoms with Crippen molar-refractivity contribution >= 4 is 34.8 Å². The van der Waals surface area contributed by atoms with Gasteiger partial charge < -0.3 is 30.2 Å². The van der Waals surface area contributed by atoms with E-state index < -0.39 is 0 Å². The second kappa shape index (κ2) is 17.2. The van der Waals surface area contributed by atoms with Crippen molar-refractivity contribution in [3.8, 4) is 0 Å². The number of rotatable bonds is 14. The van der Waals surface area contributed by atoms with Crippen LogP contribution in [0.4, 0.5) is 32.3 Å². The van der Waals surface area contributed by atoms with Gasteiger partial charge in [-0.3, -0.25) is 0 Å². The van der Waals surface area contributed by atoms with Crippen molar-refractivity contribution in [2.24, 2.45) is 11.8 Å². The number of carbonyl (C=O) groups excluding carboxylic acids is 2. The van der Waals surface area contributed by atoms with E-state index in [1.54, 1.807) is 0 Å². The van der Waals surface area contributed by atoms with Crippen LogP contribution >= 0.6 is 0 Å². The highest BCUT2D eigenvalue weighted by molar-refractivity contribution is 5.90. The van der Waals surface area contributed by atoms with Gasteiger partial charge in [0.1, 0.15) is 0 Å². The molecule has 244 valence electrons. The molecular formula is C36H58N6O2. The van der Waals surface area contributed by atoms with Gasteiger partial charge in [0.05, 0.1) is 0 Å². The van der Waals surface area contributed by atoms with Gasteiger partial charge in [-0.15, -0.1) is 0 Å². The molecule has 0 heterocycles. The van der Waals surface area contributed by atoms with Crippen molar-refractivity contribution in [3.63, 3.8) is 0 Å². The maximum atomic E-state index is 13.7. The first-order valence-electron chi connectivity index (χ1n) is 16.8. The van der Waals surface area contributed by atoms with E-state index in [9.17, 15) is 9.59 Å². The van der Waals surface area contributed by atoms with Gasteiger partial charge in [0.2, 0.25) is 0 Å². The van der Waals surface area contributed by atoms with Crippen LogP contribution in [-0.4, -0.2) is 75.2 Å². The Morgan fingerprint density at radius 2 is 0.977 bits per heavy atom. The fourth-order valence-corrected chi connectivity index (χ4v) is 6.62. The quantitative estimate of drug-likeness (QED) is 0.227. The minimum Gasteiger partial charge on any atom is -0.378 e. The summed E-state index contributed by atoms with van der Waals surface area (Å²) in [5.41, 5.74) is 3.85.